The molecule has 0 saturated carbocycles. The maximum Gasteiger partial charge on any atom is 0.289 e. The highest BCUT2D eigenvalue weighted by Gasteiger charge is 2.44. The highest BCUT2D eigenvalue weighted by atomic mass is 16.5. The minimum atomic E-state index is -0.143. The van der Waals surface area contributed by atoms with Gasteiger partial charge in [-0.3, -0.25) is 10.2 Å². The van der Waals surface area contributed by atoms with Crippen LogP contribution in [-0.4, -0.2) is 36.3 Å². The maximum atomic E-state index is 13.0. The van der Waals surface area contributed by atoms with Gasteiger partial charge in [-0.1, -0.05) is 30.3 Å². The molecule has 2 aromatic carbocycles. The Labute approximate surface area is 180 Å². The molecule has 0 bridgehead atoms. The summed E-state index contributed by atoms with van der Waals surface area (Å²) >= 11 is 0. The number of nitrogens with zero attached hydrogens (tertiary/aromatic N) is 1. The minimum Gasteiger partial charge on any atom is -0.492 e. The zero-order chi connectivity index (χ0) is 21.4. The molecular weight excluding hydrogens is 392 g/mol. The molecule has 2 aliphatic rings. The Morgan fingerprint density at radius 2 is 1.84 bits per heavy atom. The molecule has 0 aliphatic carbocycles. The van der Waals surface area contributed by atoms with Crippen LogP contribution in [-0.2, 0) is 5.41 Å². The Kier molecular flexibility index (Phi) is 4.75. The van der Waals surface area contributed by atoms with E-state index in [1.165, 1.54) is 0 Å². The minimum absolute atomic E-state index is 0.0842. The van der Waals surface area contributed by atoms with Gasteiger partial charge >= 0.3 is 0 Å². The smallest absolute Gasteiger partial charge is 0.289 e. The van der Waals surface area contributed by atoms with Crippen LogP contribution in [0.5, 0.6) is 5.75 Å². The van der Waals surface area contributed by atoms with Gasteiger partial charge < -0.3 is 19.5 Å². The number of nitrogens with two attached hydrogens (primary N) is 1. The van der Waals surface area contributed by atoms with E-state index in [1.807, 2.05) is 59.5 Å². The van der Waals surface area contributed by atoms with Gasteiger partial charge in [-0.15, -0.1) is 0 Å². The number of furan rings is 1. The zero-order valence-electron chi connectivity index (χ0n) is 17.1. The van der Waals surface area contributed by atoms with Crippen molar-refractivity contribution < 1.29 is 13.9 Å². The highest BCUT2D eigenvalue weighted by molar-refractivity contribution is 5.96. The van der Waals surface area contributed by atoms with Crippen molar-refractivity contribution in [2.24, 2.45) is 5.84 Å². The SMILES string of the molecule is N=C(NN)c1ccc2c(c1)C1(CCN(C(=O)c3ccc(-c4ccccc4)o3)CC1)CO2. The van der Waals surface area contributed by atoms with Crippen LogP contribution < -0.4 is 16.0 Å². The Morgan fingerprint density at radius 1 is 1.06 bits per heavy atom. The standard InChI is InChI=1S/C24H24N4O3/c25-22(27-26)17-6-7-20-18(14-17)24(15-30-20)10-12-28(13-11-24)23(29)21-9-8-19(31-21)16-4-2-1-3-5-16/h1-9,14H,10-13,15,26H2,(H2,25,27). The molecule has 0 unspecified atom stereocenters. The first kappa shape index (κ1) is 19.4. The molecule has 31 heavy (non-hydrogen) atoms. The third-order valence-electron chi connectivity index (χ3n) is 6.37. The Balaban J connectivity index is 1.31. The van der Waals surface area contributed by atoms with E-state index in [2.05, 4.69) is 5.43 Å². The maximum absolute atomic E-state index is 13.0. The van der Waals surface area contributed by atoms with E-state index in [-0.39, 0.29) is 17.2 Å². The van der Waals surface area contributed by atoms with Crippen molar-refractivity contribution in [1.29, 1.82) is 5.41 Å². The van der Waals surface area contributed by atoms with E-state index >= 15 is 0 Å². The Bertz CT molecular complexity index is 1130. The number of amidine groups is 1. The number of carbonyl (C=O) groups is 1. The van der Waals surface area contributed by atoms with Crippen molar-refractivity contribution in [1.82, 2.24) is 10.3 Å². The second kappa shape index (κ2) is 7.59. The number of rotatable bonds is 3. The normalized spacial score (nSPS) is 16.6. The van der Waals surface area contributed by atoms with Crippen LogP contribution in [0.15, 0.2) is 65.1 Å². The number of ether oxygens (including phenoxy) is 1. The lowest BCUT2D eigenvalue weighted by Gasteiger charge is -2.38. The van der Waals surface area contributed by atoms with Crippen LogP contribution >= 0.6 is 0 Å². The van der Waals surface area contributed by atoms with Crippen LogP contribution in [0.2, 0.25) is 0 Å². The summed E-state index contributed by atoms with van der Waals surface area (Å²) in [6, 6.07) is 19.1. The predicted octanol–water partition coefficient (Wildman–Crippen LogP) is 3.30. The van der Waals surface area contributed by atoms with Crippen molar-refractivity contribution in [3.63, 3.8) is 0 Å². The number of hydrogen-bond acceptors (Lipinski definition) is 5. The van der Waals surface area contributed by atoms with E-state index < -0.39 is 0 Å². The van der Waals surface area contributed by atoms with Crippen molar-refractivity contribution in [3.8, 4) is 17.1 Å². The number of piperidine rings is 1. The summed E-state index contributed by atoms with van der Waals surface area (Å²) in [6.07, 6.45) is 1.59. The van der Waals surface area contributed by atoms with E-state index in [0.717, 1.165) is 35.3 Å². The van der Waals surface area contributed by atoms with Gasteiger partial charge in [0.1, 0.15) is 17.3 Å². The van der Waals surface area contributed by atoms with Crippen LogP contribution in [0, 0.1) is 5.41 Å². The molecule has 4 N–H and O–H groups in total. The number of carbonyl (C=O) groups excluding carboxylic acids is 1. The first-order valence-electron chi connectivity index (χ1n) is 10.4. The molecule has 158 valence electrons. The quantitative estimate of drug-likeness (QED) is 0.263. The second-order valence-corrected chi connectivity index (χ2v) is 8.12. The first-order valence-corrected chi connectivity index (χ1v) is 10.4. The summed E-state index contributed by atoms with van der Waals surface area (Å²) in [6.45, 7) is 1.84. The molecule has 7 nitrogen and oxygen atoms in total. The molecule has 1 spiro atoms. The largest absolute Gasteiger partial charge is 0.492 e. The second-order valence-electron chi connectivity index (χ2n) is 8.12. The first-order chi connectivity index (χ1) is 15.1. The van der Waals surface area contributed by atoms with Gasteiger partial charge in [0.05, 0.1) is 6.61 Å². The number of likely N-dealkylation sites (tertiary alicyclic amines) is 1. The number of amides is 1. The number of fused-ring (bicyclic) bond motifs is 2. The molecule has 3 aromatic rings. The van der Waals surface area contributed by atoms with Gasteiger partial charge in [0.25, 0.3) is 5.91 Å². The van der Waals surface area contributed by atoms with Crippen LogP contribution in [0.1, 0.15) is 34.5 Å². The third-order valence-corrected chi connectivity index (χ3v) is 6.37. The molecule has 1 amide bonds. The van der Waals surface area contributed by atoms with Gasteiger partial charge in [-0.05, 0) is 43.2 Å². The Hall–Kier alpha value is -3.58. The fraction of sp³-hybridized carbons (Fsp3) is 0.250. The fourth-order valence-electron chi connectivity index (χ4n) is 4.52. The summed E-state index contributed by atoms with van der Waals surface area (Å²) in [5, 5.41) is 7.95. The molecule has 7 heteroatoms. The van der Waals surface area contributed by atoms with Gasteiger partial charge in [0.15, 0.2) is 5.76 Å². The van der Waals surface area contributed by atoms with Gasteiger partial charge in [0, 0.05) is 35.2 Å². The van der Waals surface area contributed by atoms with Crippen molar-refractivity contribution in [3.05, 3.63) is 77.6 Å². The lowest BCUT2D eigenvalue weighted by Crippen LogP contribution is -2.46. The molecule has 2 aliphatic heterocycles. The molecular formula is C24H24N4O3. The van der Waals surface area contributed by atoms with E-state index in [4.69, 9.17) is 20.4 Å². The van der Waals surface area contributed by atoms with E-state index in [9.17, 15) is 4.79 Å². The summed E-state index contributed by atoms with van der Waals surface area (Å²) in [7, 11) is 0. The summed E-state index contributed by atoms with van der Waals surface area (Å²) < 4.78 is 11.8. The van der Waals surface area contributed by atoms with Crippen LogP contribution in [0.4, 0.5) is 0 Å². The topological polar surface area (TPSA) is 105 Å². The lowest BCUT2D eigenvalue weighted by atomic mass is 9.74. The average molecular weight is 416 g/mol. The van der Waals surface area contributed by atoms with Gasteiger partial charge in [0.2, 0.25) is 0 Å². The predicted molar refractivity (Wildman–Crippen MR) is 117 cm³/mol. The molecule has 0 atom stereocenters. The highest BCUT2D eigenvalue weighted by Crippen LogP contribution is 2.46. The molecule has 5 rings (SSSR count). The number of nitrogens with one attached hydrogen (secondary N) is 2. The lowest BCUT2D eigenvalue weighted by molar-refractivity contribution is 0.0616. The third kappa shape index (κ3) is 3.37. The van der Waals surface area contributed by atoms with Crippen molar-refractivity contribution in [2.75, 3.05) is 19.7 Å². The fourth-order valence-corrected chi connectivity index (χ4v) is 4.52. The van der Waals surface area contributed by atoms with E-state index in [1.54, 1.807) is 6.07 Å². The van der Waals surface area contributed by atoms with Gasteiger partial charge in [-0.2, -0.15) is 0 Å². The molecule has 1 saturated heterocycles. The van der Waals surface area contributed by atoms with Crippen molar-refractivity contribution >= 4 is 11.7 Å². The summed E-state index contributed by atoms with van der Waals surface area (Å²) in [5.41, 5.74) is 5.03. The molecule has 3 heterocycles. The van der Waals surface area contributed by atoms with Crippen LogP contribution in [0.25, 0.3) is 11.3 Å². The molecule has 0 radical (unpaired) electrons. The van der Waals surface area contributed by atoms with Crippen LogP contribution in [0.3, 0.4) is 0 Å². The molecule has 1 aromatic heterocycles. The number of hydrazine groups is 1. The summed E-state index contributed by atoms with van der Waals surface area (Å²) in [5.74, 6) is 7.40. The number of hydrogen-bond donors (Lipinski definition) is 3. The van der Waals surface area contributed by atoms with E-state index in [0.29, 0.717) is 31.2 Å². The number of benzene rings is 2. The Morgan fingerprint density at radius 3 is 2.58 bits per heavy atom. The molecule has 1 fully saturated rings. The van der Waals surface area contributed by atoms with Crippen molar-refractivity contribution in [2.45, 2.75) is 18.3 Å². The average Bonchev–Trinajstić information content (AvgIpc) is 3.45. The summed E-state index contributed by atoms with van der Waals surface area (Å²) in [4.78, 5) is 14.9. The monoisotopic (exact) mass is 416 g/mol. The zero-order valence-corrected chi connectivity index (χ0v) is 17.1. The van der Waals surface area contributed by atoms with Gasteiger partial charge in [-0.25, -0.2) is 5.84 Å².